The standard InChI is InChI=1S/C13H17ClN2O.ClH/c1-8(7-15)13(17)16-12-6-5-9-10(12)3-2-4-11(9)14;/h2-4,8,12H,5-7,15H2,1H3,(H,16,17);1H. The lowest BCUT2D eigenvalue weighted by atomic mass is 10.1. The summed E-state index contributed by atoms with van der Waals surface area (Å²) >= 11 is 6.13. The average molecular weight is 289 g/mol. The summed E-state index contributed by atoms with van der Waals surface area (Å²) in [5.41, 5.74) is 7.80. The highest BCUT2D eigenvalue weighted by atomic mass is 35.5. The lowest BCUT2D eigenvalue weighted by Gasteiger charge is -2.17. The first-order valence-corrected chi connectivity index (χ1v) is 6.29. The third kappa shape index (κ3) is 2.97. The van der Waals surface area contributed by atoms with E-state index in [2.05, 4.69) is 5.32 Å². The normalized spacial score (nSPS) is 18.7. The van der Waals surface area contributed by atoms with Gasteiger partial charge in [-0.15, -0.1) is 12.4 Å². The van der Waals surface area contributed by atoms with Gasteiger partial charge < -0.3 is 11.1 Å². The zero-order valence-corrected chi connectivity index (χ0v) is 11.9. The van der Waals surface area contributed by atoms with E-state index in [9.17, 15) is 4.79 Å². The van der Waals surface area contributed by atoms with Crippen LogP contribution in [0.5, 0.6) is 0 Å². The van der Waals surface area contributed by atoms with E-state index in [1.807, 2.05) is 25.1 Å². The maximum atomic E-state index is 11.8. The van der Waals surface area contributed by atoms with Gasteiger partial charge in [0.2, 0.25) is 5.91 Å². The molecule has 0 saturated carbocycles. The lowest BCUT2D eigenvalue weighted by Crippen LogP contribution is -2.35. The second-order valence-corrected chi connectivity index (χ2v) is 4.95. The van der Waals surface area contributed by atoms with Gasteiger partial charge in [0, 0.05) is 17.5 Å². The molecule has 5 heteroatoms. The highest BCUT2D eigenvalue weighted by Gasteiger charge is 2.26. The molecule has 0 aliphatic heterocycles. The third-order valence-electron chi connectivity index (χ3n) is 3.33. The molecule has 100 valence electrons. The number of amides is 1. The summed E-state index contributed by atoms with van der Waals surface area (Å²) in [5, 5.41) is 3.83. The van der Waals surface area contributed by atoms with Crippen molar-refractivity contribution in [3.63, 3.8) is 0 Å². The Labute approximate surface area is 118 Å². The minimum atomic E-state index is -0.141. The fourth-order valence-electron chi connectivity index (χ4n) is 2.18. The molecule has 0 radical (unpaired) electrons. The number of nitrogens with two attached hydrogens (primary N) is 1. The number of rotatable bonds is 3. The Morgan fingerprint density at radius 1 is 1.61 bits per heavy atom. The van der Waals surface area contributed by atoms with Crippen LogP contribution in [-0.2, 0) is 11.2 Å². The van der Waals surface area contributed by atoms with Crippen LogP contribution >= 0.6 is 24.0 Å². The monoisotopic (exact) mass is 288 g/mol. The van der Waals surface area contributed by atoms with E-state index in [1.54, 1.807) is 0 Å². The maximum Gasteiger partial charge on any atom is 0.224 e. The molecule has 2 atom stereocenters. The molecular formula is C13H18Cl2N2O. The van der Waals surface area contributed by atoms with Gasteiger partial charge in [0.25, 0.3) is 0 Å². The Bertz CT molecular complexity index is 437. The van der Waals surface area contributed by atoms with Crippen LogP contribution in [0, 0.1) is 5.92 Å². The van der Waals surface area contributed by atoms with E-state index in [4.69, 9.17) is 17.3 Å². The summed E-state index contributed by atoms with van der Waals surface area (Å²) in [6.45, 7) is 2.21. The highest BCUT2D eigenvalue weighted by Crippen LogP contribution is 2.35. The largest absolute Gasteiger partial charge is 0.349 e. The lowest BCUT2D eigenvalue weighted by molar-refractivity contribution is -0.124. The molecule has 2 unspecified atom stereocenters. The second-order valence-electron chi connectivity index (χ2n) is 4.54. The van der Waals surface area contributed by atoms with E-state index in [-0.39, 0.29) is 30.3 Å². The number of hydrogen-bond donors (Lipinski definition) is 2. The molecule has 3 N–H and O–H groups in total. The molecular weight excluding hydrogens is 271 g/mol. The number of hydrogen-bond acceptors (Lipinski definition) is 2. The average Bonchev–Trinajstić information content (AvgIpc) is 2.73. The molecule has 3 nitrogen and oxygen atoms in total. The molecule has 0 aromatic heterocycles. The van der Waals surface area contributed by atoms with Crippen molar-refractivity contribution in [1.82, 2.24) is 5.32 Å². The summed E-state index contributed by atoms with van der Waals surface area (Å²) < 4.78 is 0. The molecule has 18 heavy (non-hydrogen) atoms. The van der Waals surface area contributed by atoms with Crippen molar-refractivity contribution >= 4 is 29.9 Å². The van der Waals surface area contributed by atoms with E-state index < -0.39 is 0 Å². The number of fused-ring (bicyclic) bond motifs is 1. The number of nitrogens with one attached hydrogen (secondary N) is 1. The minimum Gasteiger partial charge on any atom is -0.349 e. The maximum absolute atomic E-state index is 11.8. The van der Waals surface area contributed by atoms with E-state index in [0.29, 0.717) is 6.54 Å². The van der Waals surface area contributed by atoms with Crippen LogP contribution in [0.4, 0.5) is 0 Å². The van der Waals surface area contributed by atoms with Crippen LogP contribution in [0.25, 0.3) is 0 Å². The fourth-order valence-corrected chi connectivity index (χ4v) is 2.46. The molecule has 2 rings (SSSR count). The molecule has 0 saturated heterocycles. The molecule has 0 heterocycles. The van der Waals surface area contributed by atoms with Crippen LogP contribution in [0.15, 0.2) is 18.2 Å². The van der Waals surface area contributed by atoms with Gasteiger partial charge in [0.1, 0.15) is 0 Å². The Hall–Kier alpha value is -0.770. The van der Waals surface area contributed by atoms with Crippen LogP contribution < -0.4 is 11.1 Å². The molecule has 1 aromatic rings. The smallest absolute Gasteiger partial charge is 0.224 e. The Morgan fingerprint density at radius 3 is 3.00 bits per heavy atom. The second kappa shape index (κ2) is 6.41. The zero-order valence-electron chi connectivity index (χ0n) is 10.3. The fraction of sp³-hybridized carbons (Fsp3) is 0.462. The van der Waals surface area contributed by atoms with Crippen molar-refractivity contribution in [2.45, 2.75) is 25.8 Å². The summed E-state index contributed by atoms with van der Waals surface area (Å²) in [5.74, 6) is -0.122. The van der Waals surface area contributed by atoms with Crippen LogP contribution in [0.2, 0.25) is 5.02 Å². The van der Waals surface area contributed by atoms with Gasteiger partial charge in [0.05, 0.1) is 6.04 Å². The Morgan fingerprint density at radius 2 is 2.33 bits per heavy atom. The minimum absolute atomic E-state index is 0. The summed E-state index contributed by atoms with van der Waals surface area (Å²) in [6, 6.07) is 5.95. The van der Waals surface area contributed by atoms with E-state index in [1.165, 1.54) is 5.56 Å². The molecule has 1 aliphatic rings. The topological polar surface area (TPSA) is 55.1 Å². The summed E-state index contributed by atoms with van der Waals surface area (Å²) in [6.07, 6.45) is 1.85. The highest BCUT2D eigenvalue weighted by molar-refractivity contribution is 6.31. The van der Waals surface area contributed by atoms with Gasteiger partial charge in [0.15, 0.2) is 0 Å². The third-order valence-corrected chi connectivity index (χ3v) is 3.69. The van der Waals surface area contributed by atoms with Gasteiger partial charge in [-0.05, 0) is 30.0 Å². The predicted octanol–water partition coefficient (Wildman–Crippen LogP) is 2.46. The van der Waals surface area contributed by atoms with Gasteiger partial charge in [-0.1, -0.05) is 30.7 Å². The summed E-state index contributed by atoms with van der Waals surface area (Å²) in [7, 11) is 0. The molecule has 0 spiro atoms. The number of benzene rings is 1. The Balaban J connectivity index is 0.00000162. The quantitative estimate of drug-likeness (QED) is 0.898. The van der Waals surface area contributed by atoms with Gasteiger partial charge in [-0.2, -0.15) is 0 Å². The molecule has 0 fully saturated rings. The summed E-state index contributed by atoms with van der Waals surface area (Å²) in [4.78, 5) is 11.8. The van der Waals surface area contributed by atoms with Crippen molar-refractivity contribution in [2.75, 3.05) is 6.54 Å². The van der Waals surface area contributed by atoms with E-state index in [0.717, 1.165) is 23.4 Å². The Kier molecular flexibility index (Phi) is 5.45. The zero-order chi connectivity index (χ0) is 12.4. The first kappa shape index (κ1) is 15.3. The van der Waals surface area contributed by atoms with Gasteiger partial charge >= 0.3 is 0 Å². The van der Waals surface area contributed by atoms with Crippen molar-refractivity contribution in [1.29, 1.82) is 0 Å². The first-order chi connectivity index (χ1) is 8.13. The van der Waals surface area contributed by atoms with Gasteiger partial charge in [-0.3, -0.25) is 4.79 Å². The molecule has 1 amide bonds. The van der Waals surface area contributed by atoms with Crippen molar-refractivity contribution < 1.29 is 4.79 Å². The van der Waals surface area contributed by atoms with Crippen molar-refractivity contribution in [3.05, 3.63) is 34.3 Å². The van der Waals surface area contributed by atoms with E-state index >= 15 is 0 Å². The van der Waals surface area contributed by atoms with Crippen molar-refractivity contribution in [2.24, 2.45) is 11.7 Å². The van der Waals surface area contributed by atoms with Crippen LogP contribution in [0.3, 0.4) is 0 Å². The molecule has 0 bridgehead atoms. The predicted molar refractivity (Wildman–Crippen MR) is 76.1 cm³/mol. The van der Waals surface area contributed by atoms with Crippen LogP contribution in [0.1, 0.15) is 30.5 Å². The van der Waals surface area contributed by atoms with Gasteiger partial charge in [-0.25, -0.2) is 0 Å². The number of halogens is 2. The number of carbonyl (C=O) groups is 1. The van der Waals surface area contributed by atoms with Crippen molar-refractivity contribution in [3.8, 4) is 0 Å². The number of carbonyl (C=O) groups excluding carboxylic acids is 1. The SMILES string of the molecule is CC(CN)C(=O)NC1CCc2c(Cl)cccc21.Cl. The molecule has 1 aliphatic carbocycles. The first-order valence-electron chi connectivity index (χ1n) is 5.91. The molecule has 1 aromatic carbocycles. The van der Waals surface area contributed by atoms with Crippen LogP contribution in [-0.4, -0.2) is 12.5 Å².